The van der Waals surface area contributed by atoms with Crippen LogP contribution in [0.5, 0.6) is 11.5 Å². The number of carbonyl (C=O) groups is 1. The van der Waals surface area contributed by atoms with E-state index in [2.05, 4.69) is 0 Å². The zero-order valence-electron chi connectivity index (χ0n) is 19.8. The summed E-state index contributed by atoms with van der Waals surface area (Å²) in [5.41, 5.74) is 1.51. The first-order valence-corrected chi connectivity index (χ1v) is 9.49. The topological polar surface area (TPSA) is 35.5 Å². The summed E-state index contributed by atoms with van der Waals surface area (Å²) in [6.07, 6.45) is 0. The maximum atomic E-state index is 13.2. The molecule has 0 aliphatic carbocycles. The number of hydrogen-bond donors (Lipinski definition) is 0. The molecule has 1 aliphatic rings. The normalized spacial score (nSPS) is 15.4. The number of nitrogens with zero attached hydrogens (tertiary/aromatic N) is 1. The van der Waals surface area contributed by atoms with Crippen LogP contribution in [0.15, 0.2) is 48.5 Å². The molecule has 0 saturated carbocycles. The van der Waals surface area contributed by atoms with Gasteiger partial charge in [0.1, 0.15) is 30.6 Å². The molecule has 152 valence electrons. The molecule has 1 heterocycles. The lowest BCUT2D eigenvalue weighted by Crippen LogP contribution is -3.00. The van der Waals surface area contributed by atoms with Crippen molar-refractivity contribution in [3.63, 3.8) is 0 Å². The van der Waals surface area contributed by atoms with Crippen LogP contribution in [0.2, 0.25) is 0 Å². The fourth-order valence-corrected chi connectivity index (χ4v) is 3.66. The quantitative estimate of drug-likeness (QED) is 0.346. The van der Waals surface area contributed by atoms with Crippen molar-refractivity contribution in [3.8, 4) is 11.5 Å². The largest absolute Gasteiger partial charge is 1.00 e. The third-order valence-electron chi connectivity index (χ3n) is 5.46. The molecule has 2 aromatic carbocycles. The van der Waals surface area contributed by atoms with E-state index in [9.17, 15) is 4.79 Å². The summed E-state index contributed by atoms with van der Waals surface area (Å²) in [7, 11) is 0. The van der Waals surface area contributed by atoms with Gasteiger partial charge in [0.2, 0.25) is 0 Å². The van der Waals surface area contributed by atoms with Gasteiger partial charge in [0.25, 0.3) is 0 Å². The Bertz CT molecular complexity index is 861. The molecule has 0 atom stereocenters. The summed E-state index contributed by atoms with van der Waals surface area (Å²) < 4.78 is 35.9. The molecule has 0 bridgehead atoms. The Morgan fingerprint density at radius 2 is 1.54 bits per heavy atom. The van der Waals surface area contributed by atoms with Crippen molar-refractivity contribution in [2.24, 2.45) is 0 Å². The number of halogens is 1. The molecule has 0 spiro atoms. The molecule has 0 aromatic heterocycles. The van der Waals surface area contributed by atoms with E-state index >= 15 is 0 Å². The number of hydrogen-bond acceptors (Lipinski definition) is 3. The monoisotopic (exact) mass is 498 g/mol. The molecule has 0 unspecified atom stereocenters. The van der Waals surface area contributed by atoms with Crippen molar-refractivity contribution in [1.29, 1.82) is 0 Å². The van der Waals surface area contributed by atoms with E-state index in [0.29, 0.717) is 11.5 Å². The molecule has 0 amide bonds. The average molecular weight is 498 g/mol. The smallest absolute Gasteiger partial charge is 0.318 e. The van der Waals surface area contributed by atoms with Gasteiger partial charge >= 0.3 is 5.97 Å². The van der Waals surface area contributed by atoms with Gasteiger partial charge in [0.15, 0.2) is 0 Å². The highest BCUT2D eigenvalue weighted by Gasteiger charge is 2.35. The summed E-state index contributed by atoms with van der Waals surface area (Å²) in [5, 5.41) is 0. The van der Waals surface area contributed by atoms with E-state index in [1.807, 2.05) is 76.2 Å². The van der Waals surface area contributed by atoms with E-state index in [0.717, 1.165) is 11.1 Å². The Balaban J connectivity index is 0.00000341. The summed E-state index contributed by atoms with van der Waals surface area (Å²) in [4.78, 5) is 13.2. The first-order valence-electron chi connectivity index (χ1n) is 11.0. The lowest BCUT2D eigenvalue weighted by atomic mass is 9.88. The predicted octanol–water partition coefficient (Wildman–Crippen LogP) is 1.73. The van der Waals surface area contributed by atoms with Crippen molar-refractivity contribution < 1.29 is 46.8 Å². The Morgan fingerprint density at radius 1 is 1.04 bits per heavy atom. The lowest BCUT2D eigenvalue weighted by molar-refractivity contribution is -0.949. The Labute approximate surface area is 189 Å². The highest BCUT2D eigenvalue weighted by molar-refractivity contribution is 5.85. The molecule has 0 fully saturated rings. The molecule has 1 aliphatic heterocycles. The molecule has 0 saturated heterocycles. The number of esters is 1. The van der Waals surface area contributed by atoms with Gasteiger partial charge in [-0.2, -0.15) is 0 Å². The maximum Gasteiger partial charge on any atom is 0.318 e. The lowest BCUT2D eigenvalue weighted by Gasteiger charge is -2.42. The average Bonchev–Trinajstić information content (AvgIpc) is 2.67. The zero-order valence-corrected chi connectivity index (χ0v) is 19.0. The van der Waals surface area contributed by atoms with Crippen molar-refractivity contribution in [1.82, 2.24) is 0 Å². The molecule has 3 rings (SSSR count). The zero-order chi connectivity index (χ0) is 22.1. The van der Waals surface area contributed by atoms with E-state index in [4.69, 9.17) is 13.6 Å². The van der Waals surface area contributed by atoms with E-state index in [1.54, 1.807) is 0 Å². The van der Waals surface area contributed by atoms with E-state index < -0.39 is 18.9 Å². The van der Waals surface area contributed by atoms with Crippen LogP contribution in [0.3, 0.4) is 0 Å². The molecule has 0 radical (unpaired) electrons. The number of para-hydroxylation sites is 2. The molecule has 0 N–H and O–H groups in total. The number of quaternary nitrogens is 1. The van der Waals surface area contributed by atoms with Gasteiger partial charge < -0.3 is 37.9 Å². The fraction of sp³-hybridized carbons (Fsp3) is 0.435. The molecule has 28 heavy (non-hydrogen) atoms. The van der Waals surface area contributed by atoms with Crippen LogP contribution in [-0.4, -0.2) is 42.7 Å². The standard InChI is InChI=1S/C23H30NO3.HI/c1-16(2)24(5,17(3)4)14-15-26-23(25)22-18-10-6-8-12-20(18)27-21-13-9-7-11-19(21)22;/h6-13,16-17,22H,14-15H2,1-5H3;1H/q+1;/p-1/i5D3;. The molecule has 4 nitrogen and oxygen atoms in total. The second-order valence-corrected chi connectivity index (χ2v) is 7.62. The van der Waals surface area contributed by atoms with Crippen LogP contribution in [0.4, 0.5) is 0 Å². The fourth-order valence-electron chi connectivity index (χ4n) is 3.66. The first kappa shape index (κ1) is 18.4. The van der Waals surface area contributed by atoms with Gasteiger partial charge in [-0.1, -0.05) is 36.4 Å². The van der Waals surface area contributed by atoms with Gasteiger partial charge in [-0.3, -0.25) is 4.79 Å². The van der Waals surface area contributed by atoms with Gasteiger partial charge in [-0.15, -0.1) is 0 Å². The maximum absolute atomic E-state index is 13.2. The van der Waals surface area contributed by atoms with Crippen LogP contribution in [0.1, 0.15) is 48.9 Å². The minimum absolute atomic E-state index is 0. The highest BCUT2D eigenvalue weighted by Crippen LogP contribution is 2.44. The minimum Gasteiger partial charge on any atom is -1.00 e. The van der Waals surface area contributed by atoms with Gasteiger partial charge in [0, 0.05) is 11.1 Å². The van der Waals surface area contributed by atoms with Gasteiger partial charge in [0.05, 0.1) is 23.2 Å². The third kappa shape index (κ3) is 4.35. The number of rotatable bonds is 6. The Morgan fingerprint density at radius 3 is 2.00 bits per heavy atom. The van der Waals surface area contributed by atoms with Crippen molar-refractivity contribution in [2.45, 2.75) is 45.7 Å². The van der Waals surface area contributed by atoms with Crippen LogP contribution < -0.4 is 28.7 Å². The van der Waals surface area contributed by atoms with Gasteiger partial charge in [-0.25, -0.2) is 0 Å². The van der Waals surface area contributed by atoms with Crippen LogP contribution in [0.25, 0.3) is 0 Å². The van der Waals surface area contributed by atoms with Crippen LogP contribution in [-0.2, 0) is 9.53 Å². The SMILES string of the molecule is [2H]C([2H])([2H])[N+](CCOC(=O)C1c2ccccc2Oc2ccccc21)(C(C)C)C(C)C.[I-]. The summed E-state index contributed by atoms with van der Waals surface area (Å²) in [5.74, 6) is 0.276. The van der Waals surface area contributed by atoms with Crippen molar-refractivity contribution in [2.75, 3.05) is 20.1 Å². The van der Waals surface area contributed by atoms with Gasteiger partial charge in [-0.05, 0) is 39.8 Å². The molecular formula is C23H30INO3. The van der Waals surface area contributed by atoms with Crippen LogP contribution >= 0.6 is 0 Å². The second kappa shape index (κ2) is 9.27. The summed E-state index contributed by atoms with van der Waals surface area (Å²) in [6.45, 7) is 5.67. The molecule has 5 heteroatoms. The van der Waals surface area contributed by atoms with Crippen LogP contribution in [0, 0.1) is 0 Å². The Kier molecular flexibility index (Phi) is 6.10. The molecular weight excluding hydrogens is 465 g/mol. The summed E-state index contributed by atoms with van der Waals surface area (Å²) in [6, 6.07) is 14.6. The number of benzene rings is 2. The number of ether oxygens (including phenoxy) is 2. The number of carbonyl (C=O) groups excluding carboxylic acids is 1. The summed E-state index contributed by atoms with van der Waals surface area (Å²) >= 11 is 0. The van der Waals surface area contributed by atoms with Crippen molar-refractivity contribution in [3.05, 3.63) is 59.7 Å². The van der Waals surface area contributed by atoms with Crippen molar-refractivity contribution >= 4 is 5.97 Å². The third-order valence-corrected chi connectivity index (χ3v) is 5.46. The Hall–Kier alpha value is -1.60. The minimum atomic E-state index is -2.20. The van der Waals surface area contributed by atoms with E-state index in [-0.39, 0.29) is 53.7 Å². The number of fused-ring (bicyclic) bond motifs is 2. The highest BCUT2D eigenvalue weighted by atomic mass is 127. The molecule has 2 aromatic rings. The second-order valence-electron chi connectivity index (χ2n) is 7.62. The van der Waals surface area contributed by atoms with E-state index in [1.165, 1.54) is 0 Å². The number of likely N-dealkylation sites (N-methyl/N-ethyl adjacent to an activating group) is 1. The predicted molar refractivity (Wildman–Crippen MR) is 107 cm³/mol. The first-order chi connectivity index (χ1) is 14.1.